The van der Waals surface area contributed by atoms with E-state index in [1.807, 2.05) is 12.1 Å². The molecule has 0 saturated heterocycles. The Morgan fingerprint density at radius 3 is 2.63 bits per heavy atom. The number of alkyl halides is 2. The predicted octanol–water partition coefficient (Wildman–Crippen LogP) is 5.05. The van der Waals surface area contributed by atoms with Crippen LogP contribution in [0, 0.1) is 5.41 Å². The highest BCUT2D eigenvalue weighted by Gasteiger charge is 2.29. The van der Waals surface area contributed by atoms with E-state index in [0.29, 0.717) is 29.8 Å². The number of carbonyl (C=O) groups excluding carboxylic acids is 1. The number of hydrogen-bond donors (Lipinski definition) is 1. The smallest absolute Gasteiger partial charge is 0.274 e. The van der Waals surface area contributed by atoms with Crippen LogP contribution in [0.1, 0.15) is 47.4 Å². The highest BCUT2D eigenvalue weighted by atomic mass is 19.3. The van der Waals surface area contributed by atoms with Crippen molar-refractivity contribution in [2.75, 3.05) is 0 Å². The molecule has 3 aromatic rings. The average molecular weight is 408 g/mol. The Morgan fingerprint density at radius 1 is 1.13 bits per heavy atom. The van der Waals surface area contributed by atoms with Gasteiger partial charge in [0.05, 0.1) is 5.71 Å². The van der Waals surface area contributed by atoms with Gasteiger partial charge in [-0.1, -0.05) is 31.2 Å². The SMILES string of the molecule is CCC(F)(F)c1cncc(-c2nccc(CCc3ccccc3C(=O)C(C)=N)n2)c1. The van der Waals surface area contributed by atoms with Gasteiger partial charge in [0.1, 0.15) is 0 Å². The van der Waals surface area contributed by atoms with Crippen LogP contribution in [0.2, 0.25) is 0 Å². The van der Waals surface area contributed by atoms with Gasteiger partial charge in [0.2, 0.25) is 5.78 Å². The van der Waals surface area contributed by atoms with Crippen LogP contribution in [0.5, 0.6) is 0 Å². The van der Waals surface area contributed by atoms with Gasteiger partial charge in [0.15, 0.2) is 5.82 Å². The summed E-state index contributed by atoms with van der Waals surface area (Å²) in [6, 6.07) is 10.3. The van der Waals surface area contributed by atoms with Gasteiger partial charge in [-0.05, 0) is 37.5 Å². The maximum atomic E-state index is 14.0. The van der Waals surface area contributed by atoms with Crippen molar-refractivity contribution in [3.63, 3.8) is 0 Å². The van der Waals surface area contributed by atoms with E-state index in [4.69, 9.17) is 5.41 Å². The summed E-state index contributed by atoms with van der Waals surface area (Å²) in [4.78, 5) is 24.9. The molecule has 154 valence electrons. The van der Waals surface area contributed by atoms with Crippen LogP contribution in [-0.2, 0) is 18.8 Å². The first kappa shape index (κ1) is 21.4. The van der Waals surface area contributed by atoms with E-state index < -0.39 is 5.92 Å². The molecule has 3 rings (SSSR count). The molecule has 1 N–H and O–H groups in total. The zero-order valence-corrected chi connectivity index (χ0v) is 16.8. The topological polar surface area (TPSA) is 79.6 Å². The van der Waals surface area contributed by atoms with Crippen LogP contribution in [-0.4, -0.2) is 26.4 Å². The predicted molar refractivity (Wildman–Crippen MR) is 111 cm³/mol. The van der Waals surface area contributed by atoms with E-state index >= 15 is 0 Å². The van der Waals surface area contributed by atoms with Crippen molar-refractivity contribution in [1.29, 1.82) is 5.41 Å². The van der Waals surface area contributed by atoms with Crippen molar-refractivity contribution in [3.8, 4) is 11.4 Å². The molecule has 0 atom stereocenters. The number of halogens is 2. The maximum Gasteiger partial charge on any atom is 0.274 e. The van der Waals surface area contributed by atoms with Crippen LogP contribution in [0.25, 0.3) is 11.4 Å². The van der Waals surface area contributed by atoms with E-state index in [1.54, 1.807) is 24.4 Å². The Labute approximate surface area is 173 Å². The summed E-state index contributed by atoms with van der Waals surface area (Å²) in [5, 5.41) is 7.60. The van der Waals surface area contributed by atoms with Gasteiger partial charge < -0.3 is 5.41 Å². The summed E-state index contributed by atoms with van der Waals surface area (Å²) in [5.74, 6) is -2.92. The fraction of sp³-hybridized carbons (Fsp3) is 0.261. The summed E-state index contributed by atoms with van der Waals surface area (Å²) < 4.78 is 28.0. The lowest BCUT2D eigenvalue weighted by Gasteiger charge is -2.14. The summed E-state index contributed by atoms with van der Waals surface area (Å²) in [7, 11) is 0. The molecule has 0 aliphatic carbocycles. The molecule has 0 amide bonds. The molecule has 0 fully saturated rings. The standard InChI is InChI=1S/C23H22F2N4O/c1-3-23(24,25)18-12-17(13-27-14-18)22-28-11-10-19(29-22)9-8-16-6-4-5-7-20(16)21(30)15(2)26/h4-7,10-14,26H,3,8-9H2,1-2H3. The Hall–Kier alpha value is -3.35. The van der Waals surface area contributed by atoms with Crippen LogP contribution >= 0.6 is 0 Å². The monoisotopic (exact) mass is 408 g/mol. The minimum absolute atomic E-state index is 0.0111. The largest absolute Gasteiger partial charge is 0.302 e. The molecule has 0 aliphatic rings. The van der Waals surface area contributed by atoms with Gasteiger partial charge in [-0.15, -0.1) is 0 Å². The number of aromatic nitrogens is 3. The van der Waals surface area contributed by atoms with Crippen molar-refractivity contribution in [2.24, 2.45) is 0 Å². The molecule has 7 heteroatoms. The first-order chi connectivity index (χ1) is 14.3. The number of rotatable bonds is 8. The fourth-order valence-electron chi connectivity index (χ4n) is 3.07. The third kappa shape index (κ3) is 4.79. The third-order valence-corrected chi connectivity index (χ3v) is 4.83. The second kappa shape index (κ2) is 8.98. The van der Waals surface area contributed by atoms with Gasteiger partial charge >= 0.3 is 0 Å². The molecule has 0 unspecified atom stereocenters. The molecule has 5 nitrogen and oxygen atoms in total. The second-order valence-electron chi connectivity index (χ2n) is 7.00. The first-order valence-electron chi connectivity index (χ1n) is 9.65. The van der Waals surface area contributed by atoms with E-state index in [2.05, 4.69) is 15.0 Å². The van der Waals surface area contributed by atoms with Crippen LogP contribution in [0.3, 0.4) is 0 Å². The number of Topliss-reactive ketones (excluding diaryl/α,β-unsaturated/α-hetero) is 1. The molecule has 0 spiro atoms. The second-order valence-corrected chi connectivity index (χ2v) is 7.00. The summed E-state index contributed by atoms with van der Waals surface area (Å²) >= 11 is 0. The van der Waals surface area contributed by atoms with Gasteiger partial charge in [-0.3, -0.25) is 9.78 Å². The summed E-state index contributed by atoms with van der Waals surface area (Å²) in [5.41, 5.74) is 2.33. The van der Waals surface area contributed by atoms with E-state index in [1.165, 1.54) is 26.1 Å². The Bertz CT molecular complexity index is 1080. The zero-order chi connectivity index (χ0) is 21.7. The average Bonchev–Trinajstić information content (AvgIpc) is 2.77. The van der Waals surface area contributed by atoms with Gasteiger partial charge in [0.25, 0.3) is 5.92 Å². The molecule has 0 bridgehead atoms. The number of hydrogen-bond acceptors (Lipinski definition) is 5. The molecule has 30 heavy (non-hydrogen) atoms. The molecule has 2 aromatic heterocycles. The molecular weight excluding hydrogens is 386 g/mol. The van der Waals surface area contributed by atoms with Crippen molar-refractivity contribution in [1.82, 2.24) is 15.0 Å². The molecule has 2 heterocycles. The minimum atomic E-state index is -2.95. The fourth-order valence-corrected chi connectivity index (χ4v) is 3.07. The quantitative estimate of drug-likeness (QED) is 0.418. The van der Waals surface area contributed by atoms with Crippen LogP contribution < -0.4 is 0 Å². The lowest BCUT2D eigenvalue weighted by molar-refractivity contribution is -0.00857. The van der Waals surface area contributed by atoms with Crippen molar-refractivity contribution in [2.45, 2.75) is 39.0 Å². The highest BCUT2D eigenvalue weighted by Crippen LogP contribution is 2.32. The highest BCUT2D eigenvalue weighted by molar-refractivity contribution is 6.44. The van der Waals surface area contributed by atoms with Crippen LogP contribution in [0.4, 0.5) is 8.78 Å². The van der Waals surface area contributed by atoms with Gasteiger partial charge in [0, 0.05) is 47.4 Å². The number of nitrogens with one attached hydrogen (secondary N) is 1. The van der Waals surface area contributed by atoms with Crippen molar-refractivity contribution >= 4 is 11.5 Å². The van der Waals surface area contributed by atoms with Crippen molar-refractivity contribution in [3.05, 3.63) is 77.4 Å². The molecule has 0 aliphatic heterocycles. The number of carbonyl (C=O) groups is 1. The molecule has 1 aromatic carbocycles. The Kier molecular flexibility index (Phi) is 6.40. The lowest BCUT2D eigenvalue weighted by atomic mass is 9.97. The zero-order valence-electron chi connectivity index (χ0n) is 16.8. The third-order valence-electron chi connectivity index (χ3n) is 4.83. The molecular formula is C23H22F2N4O. The number of nitrogens with zero attached hydrogens (tertiary/aromatic N) is 3. The maximum absolute atomic E-state index is 14.0. The van der Waals surface area contributed by atoms with Crippen molar-refractivity contribution < 1.29 is 13.6 Å². The first-order valence-corrected chi connectivity index (χ1v) is 9.65. The minimum Gasteiger partial charge on any atom is -0.302 e. The Balaban J connectivity index is 1.82. The van der Waals surface area contributed by atoms with Gasteiger partial charge in [-0.2, -0.15) is 0 Å². The number of pyridine rings is 1. The Morgan fingerprint density at radius 2 is 1.90 bits per heavy atom. The number of aryl methyl sites for hydroxylation is 2. The van der Waals surface area contributed by atoms with E-state index in [0.717, 1.165) is 17.5 Å². The molecule has 0 saturated carbocycles. The van der Waals surface area contributed by atoms with Crippen LogP contribution in [0.15, 0.2) is 55.0 Å². The summed E-state index contributed by atoms with van der Waals surface area (Å²) in [6.07, 6.45) is 4.99. The van der Waals surface area contributed by atoms with Gasteiger partial charge in [-0.25, -0.2) is 18.7 Å². The molecule has 0 radical (unpaired) electrons. The lowest BCUT2D eigenvalue weighted by Crippen LogP contribution is -2.12. The number of benzene rings is 1. The van der Waals surface area contributed by atoms with E-state index in [9.17, 15) is 13.6 Å². The summed E-state index contributed by atoms with van der Waals surface area (Å²) in [6.45, 7) is 2.90. The normalized spacial score (nSPS) is 11.3. The number of ketones is 1. The van der Waals surface area contributed by atoms with E-state index in [-0.39, 0.29) is 23.5 Å².